The van der Waals surface area contributed by atoms with Crippen LogP contribution >= 0.6 is 0 Å². The first kappa shape index (κ1) is 9.05. The highest BCUT2D eigenvalue weighted by Crippen LogP contribution is 2.27. The van der Waals surface area contributed by atoms with E-state index < -0.39 is 0 Å². The van der Waals surface area contributed by atoms with Crippen LogP contribution in [0.4, 0.5) is 0 Å². The van der Waals surface area contributed by atoms with Crippen LogP contribution in [0.1, 0.15) is 19.8 Å². The molecule has 1 aliphatic carbocycles. The lowest BCUT2D eigenvalue weighted by atomic mass is 9.94. The molecule has 0 nitrogen and oxygen atoms in total. The highest BCUT2D eigenvalue weighted by molar-refractivity contribution is 5.30. The van der Waals surface area contributed by atoms with Crippen molar-refractivity contribution < 1.29 is 0 Å². The molecule has 0 aromatic carbocycles. The predicted octanol–water partition coefficient (Wildman–Crippen LogP) is 3.64. The van der Waals surface area contributed by atoms with Crippen molar-refractivity contribution in [3.05, 3.63) is 48.6 Å². The summed E-state index contributed by atoms with van der Waals surface area (Å²) in [6.07, 6.45) is 10.6. The Kier molecular flexibility index (Phi) is 3.09. The van der Waals surface area contributed by atoms with Gasteiger partial charge in [0.15, 0.2) is 0 Å². The molecule has 0 bridgehead atoms. The molecule has 0 saturated carbocycles. The van der Waals surface area contributed by atoms with E-state index in [1.54, 1.807) is 0 Å². The standard InChI is InChI=1S/C12H16/c1-4-6-11-7-5-8-12(11)9-10(2)3/h4-5,7-8,12H,1-2,6,9H2,3H3/t12-/m0/s1. The number of hydrogen-bond acceptors (Lipinski definition) is 0. The number of hydrogen-bond donors (Lipinski definition) is 0. The summed E-state index contributed by atoms with van der Waals surface area (Å²) in [5, 5.41) is 0. The molecule has 64 valence electrons. The van der Waals surface area contributed by atoms with Crippen LogP contribution in [0.5, 0.6) is 0 Å². The van der Waals surface area contributed by atoms with Crippen molar-refractivity contribution in [2.24, 2.45) is 5.92 Å². The molecule has 12 heavy (non-hydrogen) atoms. The molecule has 0 amide bonds. The fourth-order valence-corrected chi connectivity index (χ4v) is 1.52. The van der Waals surface area contributed by atoms with Crippen LogP contribution in [-0.4, -0.2) is 0 Å². The monoisotopic (exact) mass is 160 g/mol. The first-order valence-corrected chi connectivity index (χ1v) is 4.36. The normalized spacial score (nSPS) is 20.8. The summed E-state index contributed by atoms with van der Waals surface area (Å²) in [5.74, 6) is 0.584. The first-order chi connectivity index (χ1) is 5.74. The quantitative estimate of drug-likeness (QED) is 0.551. The van der Waals surface area contributed by atoms with Crippen LogP contribution in [0.25, 0.3) is 0 Å². The van der Waals surface area contributed by atoms with Crippen molar-refractivity contribution in [2.75, 3.05) is 0 Å². The lowest BCUT2D eigenvalue weighted by Crippen LogP contribution is -1.97. The summed E-state index contributed by atoms with van der Waals surface area (Å²) < 4.78 is 0. The second kappa shape index (κ2) is 4.10. The first-order valence-electron chi connectivity index (χ1n) is 4.36. The predicted molar refractivity (Wildman–Crippen MR) is 55.0 cm³/mol. The molecule has 0 aromatic rings. The maximum Gasteiger partial charge on any atom is 0.00230 e. The summed E-state index contributed by atoms with van der Waals surface area (Å²) in [6, 6.07) is 0. The Morgan fingerprint density at radius 2 is 2.42 bits per heavy atom. The molecule has 1 aliphatic rings. The molecule has 0 aromatic heterocycles. The van der Waals surface area contributed by atoms with Gasteiger partial charge in [-0.15, -0.1) is 13.2 Å². The third-order valence-electron chi connectivity index (χ3n) is 2.08. The highest BCUT2D eigenvalue weighted by atomic mass is 14.2. The minimum atomic E-state index is 0.584. The largest absolute Gasteiger partial charge is 0.103 e. The minimum Gasteiger partial charge on any atom is -0.103 e. The van der Waals surface area contributed by atoms with Crippen LogP contribution in [0.15, 0.2) is 48.6 Å². The zero-order chi connectivity index (χ0) is 8.97. The van der Waals surface area contributed by atoms with Crippen molar-refractivity contribution in [2.45, 2.75) is 19.8 Å². The summed E-state index contributed by atoms with van der Waals surface area (Å²) in [6.45, 7) is 9.75. The van der Waals surface area contributed by atoms with E-state index in [4.69, 9.17) is 0 Å². The van der Waals surface area contributed by atoms with Crippen LogP contribution in [-0.2, 0) is 0 Å². The molecular weight excluding hydrogens is 144 g/mol. The van der Waals surface area contributed by atoms with Crippen LogP contribution < -0.4 is 0 Å². The van der Waals surface area contributed by atoms with Gasteiger partial charge in [0.05, 0.1) is 0 Å². The van der Waals surface area contributed by atoms with E-state index in [9.17, 15) is 0 Å². The molecule has 1 atom stereocenters. The Bertz CT molecular complexity index is 241. The molecule has 0 N–H and O–H groups in total. The van der Waals surface area contributed by atoms with Gasteiger partial charge >= 0.3 is 0 Å². The van der Waals surface area contributed by atoms with Crippen molar-refractivity contribution >= 4 is 0 Å². The average molecular weight is 160 g/mol. The lowest BCUT2D eigenvalue weighted by Gasteiger charge is -2.11. The Labute approximate surface area is 75.0 Å². The molecular formula is C12H16. The topological polar surface area (TPSA) is 0 Å². The van der Waals surface area contributed by atoms with Gasteiger partial charge < -0.3 is 0 Å². The lowest BCUT2D eigenvalue weighted by molar-refractivity contribution is 0.742. The molecule has 0 fully saturated rings. The molecule has 0 heteroatoms. The molecule has 0 aliphatic heterocycles. The average Bonchev–Trinajstić information content (AvgIpc) is 2.37. The van der Waals surface area contributed by atoms with E-state index >= 15 is 0 Å². The third-order valence-corrected chi connectivity index (χ3v) is 2.08. The highest BCUT2D eigenvalue weighted by Gasteiger charge is 2.12. The fraction of sp³-hybridized carbons (Fsp3) is 0.333. The van der Waals surface area contributed by atoms with Gasteiger partial charge in [0.2, 0.25) is 0 Å². The molecule has 1 rings (SSSR count). The molecule has 0 saturated heterocycles. The Hall–Kier alpha value is -1.04. The van der Waals surface area contributed by atoms with Crippen molar-refractivity contribution in [1.82, 2.24) is 0 Å². The number of rotatable bonds is 4. The van der Waals surface area contributed by atoms with Gasteiger partial charge in [-0.05, 0) is 19.8 Å². The second-order valence-electron chi connectivity index (χ2n) is 3.39. The van der Waals surface area contributed by atoms with Gasteiger partial charge in [0.1, 0.15) is 0 Å². The molecule has 0 unspecified atom stereocenters. The molecule has 0 heterocycles. The van der Waals surface area contributed by atoms with E-state index in [-0.39, 0.29) is 0 Å². The van der Waals surface area contributed by atoms with E-state index in [2.05, 4.69) is 38.3 Å². The van der Waals surface area contributed by atoms with Gasteiger partial charge in [-0.3, -0.25) is 0 Å². The maximum absolute atomic E-state index is 3.93. The van der Waals surface area contributed by atoms with Gasteiger partial charge in [0.25, 0.3) is 0 Å². The van der Waals surface area contributed by atoms with E-state index in [1.165, 1.54) is 11.1 Å². The Morgan fingerprint density at radius 1 is 1.67 bits per heavy atom. The van der Waals surface area contributed by atoms with Crippen molar-refractivity contribution in [1.29, 1.82) is 0 Å². The van der Waals surface area contributed by atoms with Crippen molar-refractivity contribution in [3.8, 4) is 0 Å². The van der Waals surface area contributed by atoms with E-state index in [1.807, 2.05) is 6.08 Å². The fourth-order valence-electron chi connectivity index (χ4n) is 1.52. The Morgan fingerprint density at radius 3 is 3.00 bits per heavy atom. The number of allylic oxidation sites excluding steroid dienone is 6. The summed E-state index contributed by atoms with van der Waals surface area (Å²) in [5.41, 5.74) is 2.72. The summed E-state index contributed by atoms with van der Waals surface area (Å²) in [4.78, 5) is 0. The third kappa shape index (κ3) is 2.23. The van der Waals surface area contributed by atoms with Gasteiger partial charge in [-0.1, -0.05) is 35.5 Å². The van der Waals surface area contributed by atoms with Gasteiger partial charge in [-0.25, -0.2) is 0 Å². The van der Waals surface area contributed by atoms with Gasteiger partial charge in [-0.2, -0.15) is 0 Å². The summed E-state index contributed by atoms with van der Waals surface area (Å²) in [7, 11) is 0. The minimum absolute atomic E-state index is 0.584. The zero-order valence-electron chi connectivity index (χ0n) is 7.72. The van der Waals surface area contributed by atoms with E-state index in [0.29, 0.717) is 5.92 Å². The SMILES string of the molecule is C=CCC1=CC=C[C@H]1CC(=C)C. The second-order valence-corrected chi connectivity index (χ2v) is 3.39. The Balaban J connectivity index is 2.54. The van der Waals surface area contributed by atoms with Crippen LogP contribution in [0.2, 0.25) is 0 Å². The smallest absolute Gasteiger partial charge is 0.00230 e. The zero-order valence-corrected chi connectivity index (χ0v) is 7.72. The van der Waals surface area contributed by atoms with Crippen molar-refractivity contribution in [3.63, 3.8) is 0 Å². The van der Waals surface area contributed by atoms with E-state index in [0.717, 1.165) is 12.8 Å². The summed E-state index contributed by atoms with van der Waals surface area (Å²) >= 11 is 0. The molecule has 0 spiro atoms. The maximum atomic E-state index is 3.93. The van der Waals surface area contributed by atoms with Crippen LogP contribution in [0, 0.1) is 5.92 Å². The molecule has 0 radical (unpaired) electrons. The van der Waals surface area contributed by atoms with Gasteiger partial charge in [0, 0.05) is 5.92 Å². The van der Waals surface area contributed by atoms with Crippen LogP contribution in [0.3, 0.4) is 0 Å².